The Bertz CT molecular complexity index is 379. The van der Waals surface area contributed by atoms with Crippen LogP contribution in [-0.2, 0) is 4.79 Å². The molecule has 0 bridgehead atoms. The molecule has 0 aromatic heterocycles. The molecule has 0 saturated carbocycles. The Morgan fingerprint density at radius 2 is 1.95 bits per heavy atom. The number of rotatable bonds is 8. The number of nitrogens with two attached hydrogens (primary N) is 1. The van der Waals surface area contributed by atoms with Gasteiger partial charge < -0.3 is 20.5 Å². The number of ether oxygens (including phenoxy) is 1. The molecule has 3 N–H and O–H groups in total. The zero-order chi connectivity index (χ0) is 14.1. The van der Waals surface area contributed by atoms with Gasteiger partial charge in [-0.1, -0.05) is 0 Å². The van der Waals surface area contributed by atoms with Gasteiger partial charge in [0.1, 0.15) is 5.75 Å². The molecule has 0 atom stereocenters. The fourth-order valence-corrected chi connectivity index (χ4v) is 1.58. The number of hydrogen-bond acceptors (Lipinski definition) is 4. The van der Waals surface area contributed by atoms with E-state index >= 15 is 0 Å². The second-order valence-electron chi connectivity index (χ2n) is 4.46. The van der Waals surface area contributed by atoms with E-state index in [9.17, 15) is 4.79 Å². The van der Waals surface area contributed by atoms with E-state index in [1.165, 1.54) is 0 Å². The van der Waals surface area contributed by atoms with Crippen molar-refractivity contribution in [1.82, 2.24) is 4.90 Å². The fourth-order valence-electron chi connectivity index (χ4n) is 1.58. The fraction of sp³-hybridized carbons (Fsp3) is 0.500. The maximum atomic E-state index is 11.8. The first kappa shape index (κ1) is 15.3. The number of carbonyl (C=O) groups is 1. The van der Waals surface area contributed by atoms with Crippen LogP contribution in [0, 0.1) is 0 Å². The van der Waals surface area contributed by atoms with Gasteiger partial charge in [0.25, 0.3) is 5.91 Å². The topological polar surface area (TPSA) is 75.8 Å². The minimum absolute atomic E-state index is 0.0282. The minimum Gasteiger partial charge on any atom is -0.484 e. The molecule has 0 aliphatic carbocycles. The van der Waals surface area contributed by atoms with Gasteiger partial charge in [0.2, 0.25) is 0 Å². The molecule has 1 aromatic rings. The Labute approximate surface area is 114 Å². The van der Waals surface area contributed by atoms with Gasteiger partial charge in [-0.3, -0.25) is 4.79 Å². The van der Waals surface area contributed by atoms with Gasteiger partial charge in [0.15, 0.2) is 6.61 Å². The van der Waals surface area contributed by atoms with Crippen LogP contribution in [0.1, 0.15) is 19.3 Å². The summed E-state index contributed by atoms with van der Waals surface area (Å²) in [6.07, 6.45) is 2.60. The quantitative estimate of drug-likeness (QED) is 0.549. The summed E-state index contributed by atoms with van der Waals surface area (Å²) in [7, 11) is 1.76. The van der Waals surface area contributed by atoms with Gasteiger partial charge in [-0.15, -0.1) is 0 Å². The summed E-state index contributed by atoms with van der Waals surface area (Å²) in [5.41, 5.74) is 6.23. The molecule has 0 heterocycles. The summed E-state index contributed by atoms with van der Waals surface area (Å²) >= 11 is 0. The normalized spacial score (nSPS) is 10.2. The van der Waals surface area contributed by atoms with Crippen LogP contribution in [0.5, 0.6) is 5.75 Å². The number of aliphatic hydroxyl groups is 1. The van der Waals surface area contributed by atoms with Crippen molar-refractivity contribution < 1.29 is 14.6 Å². The third-order valence-electron chi connectivity index (χ3n) is 2.82. The van der Waals surface area contributed by atoms with Crippen molar-refractivity contribution in [3.8, 4) is 5.75 Å². The highest BCUT2D eigenvalue weighted by Gasteiger charge is 2.08. The van der Waals surface area contributed by atoms with Crippen LogP contribution in [0.2, 0.25) is 0 Å². The first-order valence-corrected chi connectivity index (χ1v) is 6.46. The van der Waals surface area contributed by atoms with Gasteiger partial charge in [-0.2, -0.15) is 0 Å². The second kappa shape index (κ2) is 8.37. The molecule has 1 rings (SSSR count). The minimum atomic E-state index is -0.0548. The lowest BCUT2D eigenvalue weighted by atomic mass is 10.2. The SMILES string of the molecule is CN(CCCCCO)C(=O)COc1ccc(N)cc1. The summed E-state index contributed by atoms with van der Waals surface area (Å²) in [6.45, 7) is 0.919. The van der Waals surface area contributed by atoms with Crippen molar-refractivity contribution >= 4 is 11.6 Å². The van der Waals surface area contributed by atoms with Crippen molar-refractivity contribution in [3.63, 3.8) is 0 Å². The number of anilines is 1. The first-order chi connectivity index (χ1) is 9.13. The molecule has 0 aliphatic heterocycles. The van der Waals surface area contributed by atoms with Crippen molar-refractivity contribution in [1.29, 1.82) is 0 Å². The van der Waals surface area contributed by atoms with Crippen molar-refractivity contribution in [2.75, 3.05) is 32.5 Å². The summed E-state index contributed by atoms with van der Waals surface area (Å²) in [5, 5.41) is 8.66. The first-order valence-electron chi connectivity index (χ1n) is 6.46. The third kappa shape index (κ3) is 6.10. The second-order valence-corrected chi connectivity index (χ2v) is 4.46. The van der Waals surface area contributed by atoms with E-state index in [1.54, 1.807) is 36.2 Å². The number of carbonyl (C=O) groups excluding carboxylic acids is 1. The van der Waals surface area contributed by atoms with E-state index < -0.39 is 0 Å². The van der Waals surface area contributed by atoms with E-state index in [2.05, 4.69) is 0 Å². The molecule has 19 heavy (non-hydrogen) atoms. The molecule has 0 unspecified atom stereocenters. The van der Waals surface area contributed by atoms with Gasteiger partial charge in [-0.05, 0) is 43.5 Å². The predicted octanol–water partition coefficient (Wildman–Crippen LogP) is 1.27. The number of hydrogen-bond donors (Lipinski definition) is 2. The molecular formula is C14H22N2O3. The highest BCUT2D eigenvalue weighted by atomic mass is 16.5. The van der Waals surface area contributed by atoms with Crippen LogP contribution in [0.15, 0.2) is 24.3 Å². The highest BCUT2D eigenvalue weighted by Crippen LogP contribution is 2.13. The zero-order valence-corrected chi connectivity index (χ0v) is 11.3. The van der Waals surface area contributed by atoms with Crippen LogP contribution in [0.3, 0.4) is 0 Å². The van der Waals surface area contributed by atoms with E-state index in [0.29, 0.717) is 18.0 Å². The third-order valence-corrected chi connectivity index (χ3v) is 2.82. The molecule has 5 heteroatoms. The number of amides is 1. The standard InChI is InChI=1S/C14H22N2O3/c1-16(9-3-2-4-10-17)14(18)11-19-13-7-5-12(15)6-8-13/h5-8,17H,2-4,9-11,15H2,1H3. The Balaban J connectivity index is 2.24. The molecule has 1 aromatic carbocycles. The number of likely N-dealkylation sites (N-methyl/N-ethyl adjacent to an activating group) is 1. The van der Waals surface area contributed by atoms with E-state index in [4.69, 9.17) is 15.6 Å². The summed E-state index contributed by atoms with van der Waals surface area (Å²) in [4.78, 5) is 13.4. The number of unbranched alkanes of at least 4 members (excludes halogenated alkanes) is 2. The van der Waals surface area contributed by atoms with Crippen LogP contribution in [0.4, 0.5) is 5.69 Å². The smallest absolute Gasteiger partial charge is 0.260 e. The largest absolute Gasteiger partial charge is 0.484 e. The monoisotopic (exact) mass is 266 g/mol. The van der Waals surface area contributed by atoms with E-state index in [-0.39, 0.29) is 19.1 Å². The molecular weight excluding hydrogens is 244 g/mol. The molecule has 0 spiro atoms. The van der Waals surface area contributed by atoms with Crippen LogP contribution >= 0.6 is 0 Å². The molecule has 1 amide bonds. The predicted molar refractivity (Wildman–Crippen MR) is 74.9 cm³/mol. The van der Waals surface area contributed by atoms with E-state index in [1.807, 2.05) is 0 Å². The molecule has 106 valence electrons. The van der Waals surface area contributed by atoms with Crippen LogP contribution in [0.25, 0.3) is 0 Å². The number of nitrogen functional groups attached to an aromatic ring is 1. The lowest BCUT2D eigenvalue weighted by molar-refractivity contribution is -0.132. The molecule has 0 saturated heterocycles. The average Bonchev–Trinajstić information content (AvgIpc) is 2.42. The zero-order valence-electron chi connectivity index (χ0n) is 11.3. The lowest BCUT2D eigenvalue weighted by Crippen LogP contribution is -2.32. The summed E-state index contributed by atoms with van der Waals surface area (Å²) in [5.74, 6) is 0.581. The van der Waals surface area contributed by atoms with Crippen LogP contribution < -0.4 is 10.5 Å². The van der Waals surface area contributed by atoms with Crippen LogP contribution in [-0.4, -0.2) is 42.7 Å². The van der Waals surface area contributed by atoms with Gasteiger partial charge in [-0.25, -0.2) is 0 Å². The maximum Gasteiger partial charge on any atom is 0.260 e. The Morgan fingerprint density at radius 1 is 1.26 bits per heavy atom. The Hall–Kier alpha value is -1.75. The average molecular weight is 266 g/mol. The Kier molecular flexibility index (Phi) is 6.74. The van der Waals surface area contributed by atoms with Crippen molar-refractivity contribution in [2.45, 2.75) is 19.3 Å². The van der Waals surface area contributed by atoms with Gasteiger partial charge in [0, 0.05) is 25.9 Å². The van der Waals surface area contributed by atoms with Gasteiger partial charge >= 0.3 is 0 Å². The van der Waals surface area contributed by atoms with Gasteiger partial charge in [0.05, 0.1) is 0 Å². The van der Waals surface area contributed by atoms with Crippen molar-refractivity contribution in [3.05, 3.63) is 24.3 Å². The number of benzene rings is 1. The lowest BCUT2D eigenvalue weighted by Gasteiger charge is -2.17. The molecule has 5 nitrogen and oxygen atoms in total. The molecule has 0 fully saturated rings. The summed E-state index contributed by atoms with van der Waals surface area (Å²) < 4.78 is 5.38. The molecule has 0 radical (unpaired) electrons. The highest BCUT2D eigenvalue weighted by molar-refractivity contribution is 5.77. The Morgan fingerprint density at radius 3 is 2.58 bits per heavy atom. The van der Waals surface area contributed by atoms with Crippen molar-refractivity contribution in [2.24, 2.45) is 0 Å². The number of nitrogens with zero attached hydrogens (tertiary/aromatic N) is 1. The van der Waals surface area contributed by atoms with E-state index in [0.717, 1.165) is 19.3 Å². The number of aliphatic hydroxyl groups excluding tert-OH is 1. The molecule has 0 aliphatic rings. The maximum absolute atomic E-state index is 11.8. The summed E-state index contributed by atoms with van der Waals surface area (Å²) in [6, 6.07) is 6.95.